The first-order valence-corrected chi connectivity index (χ1v) is 8.98. The maximum atomic E-state index is 11.7. The number of nitrogens with one attached hydrogen (secondary N) is 1. The predicted molar refractivity (Wildman–Crippen MR) is 99.0 cm³/mol. The van der Waals surface area contributed by atoms with Crippen LogP contribution in [0, 0.1) is 5.92 Å². The molecular weight excluding hydrogens is 334 g/mol. The van der Waals surface area contributed by atoms with Gasteiger partial charge >= 0.3 is 11.9 Å². The highest BCUT2D eigenvalue weighted by molar-refractivity contribution is 6.14. The minimum atomic E-state index is -0.755. The molecule has 0 spiro atoms. The van der Waals surface area contributed by atoms with E-state index in [2.05, 4.69) is 21.7 Å². The van der Waals surface area contributed by atoms with E-state index in [1.54, 1.807) is 0 Å². The molecule has 1 aromatic carbocycles. The third kappa shape index (κ3) is 5.79. The van der Waals surface area contributed by atoms with Crippen LogP contribution in [0.4, 0.5) is 5.69 Å². The fourth-order valence-corrected chi connectivity index (χ4v) is 2.42. The molecule has 142 valence electrons. The van der Waals surface area contributed by atoms with Gasteiger partial charge in [0.25, 0.3) is 0 Å². The Kier molecular flexibility index (Phi) is 7.51. The molecule has 1 aliphatic carbocycles. The maximum Gasteiger partial charge on any atom is 0.346 e. The summed E-state index contributed by atoms with van der Waals surface area (Å²) >= 11 is 0. The molecule has 0 atom stereocenters. The van der Waals surface area contributed by atoms with Gasteiger partial charge in [-0.15, -0.1) is 0 Å². The average Bonchev–Trinajstić information content (AvgIpc) is 3.49. The number of anilines is 1. The van der Waals surface area contributed by atoms with E-state index in [-0.39, 0.29) is 5.57 Å². The summed E-state index contributed by atoms with van der Waals surface area (Å²) < 4.78 is 15.2. The first-order chi connectivity index (χ1) is 12.6. The van der Waals surface area contributed by atoms with Crippen molar-refractivity contribution < 1.29 is 23.8 Å². The van der Waals surface area contributed by atoms with Crippen LogP contribution >= 0.6 is 0 Å². The molecule has 1 fully saturated rings. The lowest BCUT2D eigenvalue weighted by atomic mass is 10.1. The van der Waals surface area contributed by atoms with Crippen LogP contribution in [0.3, 0.4) is 0 Å². The number of esters is 2. The van der Waals surface area contributed by atoms with Gasteiger partial charge in [0.2, 0.25) is 0 Å². The average molecular weight is 361 g/mol. The number of benzene rings is 1. The molecular formula is C20H27NO5. The van der Waals surface area contributed by atoms with Crippen molar-refractivity contribution in [2.45, 2.75) is 39.0 Å². The number of rotatable bonds is 10. The van der Waals surface area contributed by atoms with Crippen molar-refractivity contribution in [2.24, 2.45) is 5.92 Å². The van der Waals surface area contributed by atoms with Crippen LogP contribution in [0.25, 0.3) is 0 Å². The Balaban J connectivity index is 2.16. The molecule has 1 saturated carbocycles. The minimum Gasteiger partial charge on any atom is -0.493 e. The molecule has 0 saturated heterocycles. The molecule has 0 amide bonds. The molecule has 1 N–H and O–H groups in total. The van der Waals surface area contributed by atoms with E-state index in [1.807, 2.05) is 18.2 Å². The first-order valence-electron chi connectivity index (χ1n) is 8.98. The number of carbonyl (C=O) groups is 2. The summed E-state index contributed by atoms with van der Waals surface area (Å²) in [5, 5.41) is 2.96. The predicted octanol–water partition coefficient (Wildman–Crippen LogP) is 3.46. The topological polar surface area (TPSA) is 73.9 Å². The zero-order valence-electron chi connectivity index (χ0n) is 15.7. The molecule has 0 radical (unpaired) electrons. The van der Waals surface area contributed by atoms with Crippen LogP contribution < -0.4 is 10.1 Å². The molecule has 1 aromatic rings. The van der Waals surface area contributed by atoms with Gasteiger partial charge in [-0.1, -0.05) is 19.4 Å². The number of methoxy groups -OCH3 is 2. The van der Waals surface area contributed by atoms with Crippen LogP contribution in [0.15, 0.2) is 30.0 Å². The van der Waals surface area contributed by atoms with Gasteiger partial charge in [-0.2, -0.15) is 0 Å². The molecule has 6 nitrogen and oxygen atoms in total. The minimum absolute atomic E-state index is 0.203. The molecule has 0 aliphatic heterocycles. The molecule has 0 aromatic heterocycles. The van der Waals surface area contributed by atoms with Gasteiger partial charge in [-0.3, -0.25) is 0 Å². The first kappa shape index (κ1) is 19.8. The van der Waals surface area contributed by atoms with Gasteiger partial charge in [0.15, 0.2) is 5.57 Å². The van der Waals surface area contributed by atoms with Crippen molar-refractivity contribution in [1.29, 1.82) is 0 Å². The van der Waals surface area contributed by atoms with Gasteiger partial charge < -0.3 is 19.5 Å². The van der Waals surface area contributed by atoms with E-state index in [1.165, 1.54) is 38.8 Å². The van der Waals surface area contributed by atoms with E-state index >= 15 is 0 Å². The Morgan fingerprint density at radius 3 is 2.46 bits per heavy atom. The Bertz CT molecular complexity index is 646. The van der Waals surface area contributed by atoms with Gasteiger partial charge in [-0.05, 0) is 43.2 Å². The van der Waals surface area contributed by atoms with Crippen LogP contribution in [-0.2, 0) is 25.5 Å². The van der Waals surface area contributed by atoms with E-state index in [0.717, 1.165) is 37.3 Å². The quantitative estimate of drug-likeness (QED) is 0.298. The number of hydrogen-bond acceptors (Lipinski definition) is 6. The van der Waals surface area contributed by atoms with Crippen LogP contribution in [0.5, 0.6) is 5.75 Å². The number of hydrogen-bond donors (Lipinski definition) is 1. The zero-order chi connectivity index (χ0) is 18.9. The lowest BCUT2D eigenvalue weighted by Crippen LogP contribution is -2.17. The van der Waals surface area contributed by atoms with Crippen molar-refractivity contribution >= 4 is 17.6 Å². The number of unbranched alkanes of at least 4 members (excludes halogenated alkanes) is 1. The van der Waals surface area contributed by atoms with E-state index in [0.29, 0.717) is 5.92 Å². The fraction of sp³-hybridized carbons (Fsp3) is 0.500. The lowest BCUT2D eigenvalue weighted by Gasteiger charge is -2.13. The van der Waals surface area contributed by atoms with Crippen LogP contribution in [0.2, 0.25) is 0 Å². The smallest absolute Gasteiger partial charge is 0.346 e. The number of aryl methyl sites for hydroxylation is 1. The molecule has 0 bridgehead atoms. The normalized spacial score (nSPS) is 12.9. The van der Waals surface area contributed by atoms with Gasteiger partial charge in [0.1, 0.15) is 5.75 Å². The summed E-state index contributed by atoms with van der Waals surface area (Å²) in [5.74, 6) is 0.000435. The Morgan fingerprint density at radius 2 is 1.88 bits per heavy atom. The van der Waals surface area contributed by atoms with E-state index in [9.17, 15) is 9.59 Å². The van der Waals surface area contributed by atoms with Crippen LogP contribution in [-0.4, -0.2) is 32.8 Å². The molecule has 2 rings (SSSR count). The third-order valence-corrected chi connectivity index (χ3v) is 4.23. The fourth-order valence-electron chi connectivity index (χ4n) is 2.42. The van der Waals surface area contributed by atoms with Crippen LogP contribution in [0.1, 0.15) is 38.2 Å². The molecule has 26 heavy (non-hydrogen) atoms. The number of carbonyl (C=O) groups excluding carboxylic acids is 2. The van der Waals surface area contributed by atoms with Crippen molar-refractivity contribution in [1.82, 2.24) is 0 Å². The van der Waals surface area contributed by atoms with Crippen molar-refractivity contribution in [3.8, 4) is 5.75 Å². The summed E-state index contributed by atoms with van der Waals surface area (Å²) in [6.45, 7) is 2.89. The van der Waals surface area contributed by atoms with Crippen molar-refractivity contribution in [2.75, 3.05) is 26.1 Å². The largest absolute Gasteiger partial charge is 0.493 e. The second-order valence-corrected chi connectivity index (χ2v) is 6.37. The highest BCUT2D eigenvalue weighted by atomic mass is 16.5. The van der Waals surface area contributed by atoms with Gasteiger partial charge in [0.05, 0.1) is 20.8 Å². The second-order valence-electron chi connectivity index (χ2n) is 6.37. The maximum absolute atomic E-state index is 11.7. The molecule has 1 aliphatic rings. The van der Waals surface area contributed by atoms with E-state index in [4.69, 9.17) is 4.74 Å². The highest BCUT2D eigenvalue weighted by Crippen LogP contribution is 2.32. The summed E-state index contributed by atoms with van der Waals surface area (Å²) in [5.41, 5.74) is 1.69. The zero-order valence-corrected chi connectivity index (χ0v) is 15.7. The SMILES string of the molecule is CCCCc1ccc(NC=C(C(=O)OC)C(=O)OC)cc1OCC1CC1. The third-order valence-electron chi connectivity index (χ3n) is 4.23. The van der Waals surface area contributed by atoms with Gasteiger partial charge in [0, 0.05) is 18.0 Å². The van der Waals surface area contributed by atoms with Gasteiger partial charge in [-0.25, -0.2) is 9.59 Å². The monoisotopic (exact) mass is 361 g/mol. The van der Waals surface area contributed by atoms with E-state index < -0.39 is 11.9 Å². The Morgan fingerprint density at radius 1 is 1.19 bits per heavy atom. The standard InChI is InChI=1S/C20H27NO5/c1-4-5-6-15-9-10-16(11-18(15)26-13-14-7-8-14)21-12-17(19(22)24-2)20(23)25-3/h9-12,14,21H,4-8,13H2,1-3H3. The van der Waals surface area contributed by atoms with Crippen molar-refractivity contribution in [3.63, 3.8) is 0 Å². The highest BCUT2D eigenvalue weighted by Gasteiger charge is 2.22. The van der Waals surface area contributed by atoms with Crippen molar-refractivity contribution in [3.05, 3.63) is 35.5 Å². The number of ether oxygens (including phenoxy) is 3. The molecule has 0 heterocycles. The lowest BCUT2D eigenvalue weighted by molar-refractivity contribution is -0.144. The summed E-state index contributed by atoms with van der Waals surface area (Å²) in [6.07, 6.45) is 6.93. The Hall–Kier alpha value is -2.50. The Labute approximate surface area is 154 Å². The summed E-state index contributed by atoms with van der Waals surface area (Å²) in [7, 11) is 2.43. The summed E-state index contributed by atoms with van der Waals surface area (Å²) in [6, 6.07) is 5.82. The summed E-state index contributed by atoms with van der Waals surface area (Å²) in [4.78, 5) is 23.4. The molecule has 6 heteroatoms. The second kappa shape index (κ2) is 9.85. The molecule has 0 unspecified atom stereocenters.